The van der Waals surface area contributed by atoms with E-state index < -0.39 is 12.0 Å². The molecule has 0 radical (unpaired) electrons. The van der Waals surface area contributed by atoms with E-state index in [1.807, 2.05) is 0 Å². The third-order valence-corrected chi connectivity index (χ3v) is 1.68. The topological polar surface area (TPSA) is 89.6 Å². The van der Waals surface area contributed by atoms with E-state index in [0.29, 0.717) is 0 Å². The molecule has 1 unspecified atom stereocenters. The fourth-order valence-corrected chi connectivity index (χ4v) is 0.935. The number of hydrogen-bond acceptors (Lipinski definition) is 6. The van der Waals surface area contributed by atoms with Crippen LogP contribution in [-0.4, -0.2) is 39.0 Å². The van der Waals surface area contributed by atoms with Gasteiger partial charge in [-0.1, -0.05) is 5.16 Å². The lowest BCUT2D eigenvalue weighted by Crippen LogP contribution is -2.27. The van der Waals surface area contributed by atoms with Gasteiger partial charge in [-0.3, -0.25) is 0 Å². The first kappa shape index (κ1) is 10.2. The van der Waals surface area contributed by atoms with Crippen molar-refractivity contribution < 1.29 is 14.7 Å². The molecule has 0 bridgehead atoms. The average Bonchev–Trinajstić information content (AvgIpc) is 2.71. The first-order valence-corrected chi connectivity index (χ1v) is 3.86. The predicted molar refractivity (Wildman–Crippen MR) is 46.0 cm³/mol. The maximum atomic E-state index is 11.1. The summed E-state index contributed by atoms with van der Waals surface area (Å²) in [7, 11) is 1.21. The van der Waals surface area contributed by atoms with Crippen LogP contribution in [0.25, 0.3) is 0 Å². The molecule has 0 aliphatic heterocycles. The quantitative estimate of drug-likeness (QED) is 0.315. The molecule has 0 spiro atoms. The van der Waals surface area contributed by atoms with Crippen molar-refractivity contribution >= 4 is 11.7 Å². The molecule has 0 saturated carbocycles. The third-order valence-electron chi connectivity index (χ3n) is 1.68. The van der Waals surface area contributed by atoms with Crippen molar-refractivity contribution in [1.82, 2.24) is 15.0 Å². The van der Waals surface area contributed by atoms with Gasteiger partial charge in [0, 0.05) is 0 Å². The van der Waals surface area contributed by atoms with E-state index in [9.17, 15) is 4.79 Å². The van der Waals surface area contributed by atoms with Crippen LogP contribution in [0.15, 0.2) is 17.5 Å². The molecule has 1 aromatic rings. The van der Waals surface area contributed by atoms with E-state index in [0.717, 1.165) is 0 Å². The van der Waals surface area contributed by atoms with Gasteiger partial charge in [-0.25, -0.2) is 4.79 Å². The Labute approximate surface area is 80.0 Å². The summed E-state index contributed by atoms with van der Waals surface area (Å²) >= 11 is 0. The maximum Gasteiger partial charge on any atom is 0.358 e. The van der Waals surface area contributed by atoms with Gasteiger partial charge in [0.15, 0.2) is 5.71 Å². The van der Waals surface area contributed by atoms with E-state index in [1.165, 1.54) is 24.3 Å². The standard InChI is InChI=1S/C7H10N4O3/c1-5(11-8-3-4-9-11)6(10-13)7(12)14-2/h3-5,13H,1-2H3/b10-6+. The summed E-state index contributed by atoms with van der Waals surface area (Å²) in [5.41, 5.74) is -0.149. The van der Waals surface area contributed by atoms with Gasteiger partial charge in [0.05, 0.1) is 19.5 Å². The van der Waals surface area contributed by atoms with Crippen LogP contribution in [0, 0.1) is 0 Å². The highest BCUT2D eigenvalue weighted by Crippen LogP contribution is 2.05. The Morgan fingerprint density at radius 1 is 1.57 bits per heavy atom. The van der Waals surface area contributed by atoms with Crippen molar-refractivity contribution in [3.63, 3.8) is 0 Å². The van der Waals surface area contributed by atoms with Crippen LogP contribution in [-0.2, 0) is 9.53 Å². The second-order valence-corrected chi connectivity index (χ2v) is 2.50. The highest BCUT2D eigenvalue weighted by molar-refractivity contribution is 6.37. The molecule has 1 atom stereocenters. The van der Waals surface area contributed by atoms with Crippen LogP contribution in [0.2, 0.25) is 0 Å². The Bertz CT molecular complexity index is 333. The van der Waals surface area contributed by atoms with E-state index in [2.05, 4.69) is 20.1 Å². The summed E-state index contributed by atoms with van der Waals surface area (Å²) in [5, 5.41) is 19.1. The number of oxime groups is 1. The van der Waals surface area contributed by atoms with Gasteiger partial charge >= 0.3 is 5.97 Å². The molecule has 1 N–H and O–H groups in total. The number of carbonyl (C=O) groups excluding carboxylic acids is 1. The molecule has 0 fully saturated rings. The predicted octanol–water partition coefficient (Wildman–Crippen LogP) is -0.158. The van der Waals surface area contributed by atoms with E-state index in [1.54, 1.807) is 6.92 Å². The number of esters is 1. The van der Waals surface area contributed by atoms with Gasteiger partial charge in [0.25, 0.3) is 0 Å². The third kappa shape index (κ3) is 1.87. The first-order chi connectivity index (χ1) is 6.70. The van der Waals surface area contributed by atoms with Crippen LogP contribution in [0.4, 0.5) is 0 Å². The van der Waals surface area contributed by atoms with Crippen molar-refractivity contribution in [1.29, 1.82) is 0 Å². The summed E-state index contributed by atoms with van der Waals surface area (Å²) in [6.45, 7) is 1.62. The molecule has 0 saturated heterocycles. The van der Waals surface area contributed by atoms with Crippen LogP contribution in [0.5, 0.6) is 0 Å². The number of rotatable bonds is 3. The lowest BCUT2D eigenvalue weighted by atomic mass is 10.2. The summed E-state index contributed by atoms with van der Waals surface area (Å²) < 4.78 is 4.42. The van der Waals surface area contributed by atoms with Crippen LogP contribution in [0.3, 0.4) is 0 Å². The molecule has 1 aromatic heterocycles. The zero-order valence-electron chi connectivity index (χ0n) is 7.78. The number of hydrogen-bond donors (Lipinski definition) is 1. The normalized spacial score (nSPS) is 13.7. The highest BCUT2D eigenvalue weighted by atomic mass is 16.5. The van der Waals surface area contributed by atoms with Crippen LogP contribution >= 0.6 is 0 Å². The number of methoxy groups -OCH3 is 1. The molecule has 7 nitrogen and oxygen atoms in total. The number of aromatic nitrogens is 3. The minimum absolute atomic E-state index is 0.149. The highest BCUT2D eigenvalue weighted by Gasteiger charge is 2.23. The lowest BCUT2D eigenvalue weighted by Gasteiger charge is -2.09. The summed E-state index contributed by atoms with van der Waals surface area (Å²) in [6, 6.07) is -0.567. The zero-order chi connectivity index (χ0) is 10.6. The molecule has 0 amide bonds. The van der Waals surface area contributed by atoms with Gasteiger partial charge < -0.3 is 9.94 Å². The molecule has 7 heteroatoms. The largest absolute Gasteiger partial charge is 0.464 e. The molecule has 1 rings (SSSR count). The monoisotopic (exact) mass is 198 g/mol. The number of carbonyl (C=O) groups is 1. The SMILES string of the molecule is COC(=O)/C(=N/O)C(C)n1nccn1. The Kier molecular flexibility index (Phi) is 3.16. The Morgan fingerprint density at radius 2 is 2.14 bits per heavy atom. The van der Waals surface area contributed by atoms with Crippen molar-refractivity contribution in [2.45, 2.75) is 13.0 Å². The van der Waals surface area contributed by atoms with Crippen molar-refractivity contribution in [2.75, 3.05) is 7.11 Å². The smallest absolute Gasteiger partial charge is 0.358 e. The van der Waals surface area contributed by atoms with E-state index >= 15 is 0 Å². The molecule has 76 valence electrons. The maximum absolute atomic E-state index is 11.1. The molecule has 0 aliphatic carbocycles. The summed E-state index contributed by atoms with van der Waals surface area (Å²) in [5.74, 6) is -0.711. The molecule has 14 heavy (non-hydrogen) atoms. The van der Waals surface area contributed by atoms with Crippen LogP contribution in [0.1, 0.15) is 13.0 Å². The Morgan fingerprint density at radius 3 is 2.57 bits per heavy atom. The molecular formula is C7H10N4O3. The van der Waals surface area contributed by atoms with E-state index in [-0.39, 0.29) is 5.71 Å². The lowest BCUT2D eigenvalue weighted by molar-refractivity contribution is -0.133. The second kappa shape index (κ2) is 4.35. The van der Waals surface area contributed by atoms with Gasteiger partial charge in [0.1, 0.15) is 6.04 Å². The van der Waals surface area contributed by atoms with Crippen molar-refractivity contribution in [3.8, 4) is 0 Å². The van der Waals surface area contributed by atoms with Crippen LogP contribution < -0.4 is 0 Å². The zero-order valence-corrected chi connectivity index (χ0v) is 7.78. The Hall–Kier alpha value is -1.92. The summed E-state index contributed by atoms with van der Waals surface area (Å²) in [4.78, 5) is 12.3. The fourth-order valence-electron chi connectivity index (χ4n) is 0.935. The van der Waals surface area contributed by atoms with Crippen molar-refractivity contribution in [2.24, 2.45) is 5.16 Å². The van der Waals surface area contributed by atoms with Gasteiger partial charge in [-0.05, 0) is 6.92 Å². The minimum Gasteiger partial charge on any atom is -0.464 e. The number of ether oxygens (including phenoxy) is 1. The fraction of sp³-hybridized carbons (Fsp3) is 0.429. The van der Waals surface area contributed by atoms with Gasteiger partial charge in [0.2, 0.25) is 0 Å². The first-order valence-electron chi connectivity index (χ1n) is 3.86. The van der Waals surface area contributed by atoms with Gasteiger partial charge in [-0.15, -0.1) is 0 Å². The van der Waals surface area contributed by atoms with Crippen molar-refractivity contribution in [3.05, 3.63) is 12.4 Å². The molecular weight excluding hydrogens is 188 g/mol. The molecule has 0 aromatic carbocycles. The Balaban J connectivity index is 2.87. The summed E-state index contributed by atoms with van der Waals surface area (Å²) in [6.07, 6.45) is 2.92. The average molecular weight is 198 g/mol. The molecule has 1 heterocycles. The minimum atomic E-state index is -0.711. The molecule has 0 aliphatic rings. The van der Waals surface area contributed by atoms with Gasteiger partial charge in [-0.2, -0.15) is 15.0 Å². The van der Waals surface area contributed by atoms with E-state index in [4.69, 9.17) is 5.21 Å². The number of nitrogens with zero attached hydrogens (tertiary/aromatic N) is 4. The second-order valence-electron chi connectivity index (χ2n) is 2.50.